The van der Waals surface area contributed by atoms with Crippen LogP contribution in [0.5, 0.6) is 0 Å². The normalized spacial score (nSPS) is 19.5. The predicted octanol–water partition coefficient (Wildman–Crippen LogP) is 3.29. The minimum absolute atomic E-state index is 0.214. The number of H-pyrrole nitrogens is 1. The zero-order chi connectivity index (χ0) is 21.9. The number of sulfonamides is 1. The Morgan fingerprint density at radius 1 is 1.13 bits per heavy atom. The van der Waals surface area contributed by atoms with Crippen LogP contribution in [0.25, 0.3) is 10.9 Å². The van der Waals surface area contributed by atoms with E-state index in [0.29, 0.717) is 16.8 Å². The minimum atomic E-state index is -3.75. The zero-order valence-corrected chi connectivity index (χ0v) is 18.1. The average molecular weight is 430 g/mol. The summed E-state index contributed by atoms with van der Waals surface area (Å²) in [4.78, 5) is 18.3. The first-order chi connectivity index (χ1) is 14.0. The Morgan fingerprint density at radius 3 is 2.53 bits per heavy atom. The second kappa shape index (κ2) is 6.65. The summed E-state index contributed by atoms with van der Waals surface area (Å²) in [5, 5.41) is 0.784. The highest BCUT2D eigenvalue weighted by atomic mass is 32.2. The molecule has 30 heavy (non-hydrogen) atoms. The van der Waals surface area contributed by atoms with Crippen molar-refractivity contribution in [1.29, 1.82) is 0 Å². The first kappa shape index (κ1) is 20.6. The van der Waals surface area contributed by atoms with E-state index in [1.165, 1.54) is 17.0 Å². The van der Waals surface area contributed by atoms with E-state index in [1.54, 1.807) is 40.1 Å². The molecule has 158 valence electrons. The fourth-order valence-electron chi connectivity index (χ4n) is 4.02. The lowest BCUT2D eigenvalue weighted by Crippen LogP contribution is -2.51. The van der Waals surface area contributed by atoms with Crippen LogP contribution < -0.4 is 9.62 Å². The molecule has 1 amide bonds. The number of fused-ring (bicyclic) bond motifs is 2. The molecule has 0 fully saturated rings. The number of halogens is 1. The van der Waals surface area contributed by atoms with Gasteiger partial charge in [-0.1, -0.05) is 18.2 Å². The molecule has 0 unspecified atom stereocenters. The van der Waals surface area contributed by atoms with Crippen molar-refractivity contribution >= 4 is 32.5 Å². The molecule has 1 aromatic heterocycles. The lowest BCUT2D eigenvalue weighted by atomic mass is 9.75. The molecule has 0 saturated heterocycles. The molecule has 0 aliphatic carbocycles. The summed E-state index contributed by atoms with van der Waals surface area (Å²) in [6, 6.07) is 11.6. The smallest absolute Gasteiger partial charge is 0.243 e. The Balaban J connectivity index is 1.98. The van der Waals surface area contributed by atoms with Crippen LogP contribution in [0, 0.1) is 5.82 Å². The van der Waals surface area contributed by atoms with Gasteiger partial charge >= 0.3 is 0 Å². The monoisotopic (exact) mass is 429 g/mol. The zero-order valence-electron chi connectivity index (χ0n) is 17.3. The van der Waals surface area contributed by atoms with Crippen molar-refractivity contribution in [2.75, 3.05) is 18.5 Å². The number of carbonyl (C=O) groups is 1. The van der Waals surface area contributed by atoms with Gasteiger partial charge in [-0.2, -0.15) is 0 Å². The largest absolute Gasteiger partial charge is 0.361 e. The van der Waals surface area contributed by atoms with Crippen molar-refractivity contribution in [2.45, 2.75) is 30.9 Å². The number of nitrogens with one attached hydrogen (secondary N) is 2. The SMILES string of the molecule is CN1C(=O)[C@@](CNS(=O)(=O)C(C)(C)C)(c2c[nH]c3ccccc23)c2cc(F)ccc21. The number of rotatable bonds is 4. The molecule has 1 atom stereocenters. The molecule has 2 aromatic carbocycles. The van der Waals surface area contributed by atoms with Crippen LogP contribution in [-0.4, -0.2) is 37.6 Å². The lowest BCUT2D eigenvalue weighted by molar-refractivity contribution is -0.121. The van der Waals surface area contributed by atoms with Crippen molar-refractivity contribution in [3.8, 4) is 0 Å². The van der Waals surface area contributed by atoms with Gasteiger partial charge in [-0.25, -0.2) is 17.5 Å². The number of hydrogen-bond acceptors (Lipinski definition) is 3. The Morgan fingerprint density at radius 2 is 1.83 bits per heavy atom. The number of hydrogen-bond donors (Lipinski definition) is 2. The number of aromatic nitrogens is 1. The third kappa shape index (κ3) is 2.86. The molecule has 2 N–H and O–H groups in total. The van der Waals surface area contributed by atoms with Crippen LogP contribution in [0.2, 0.25) is 0 Å². The summed E-state index contributed by atoms with van der Waals surface area (Å²) in [6.45, 7) is 4.55. The van der Waals surface area contributed by atoms with E-state index in [2.05, 4.69) is 9.71 Å². The van der Waals surface area contributed by atoms with E-state index in [4.69, 9.17) is 0 Å². The number of likely N-dealkylation sites (N-methyl/N-ethyl adjacent to an activating group) is 1. The number of nitrogens with zero attached hydrogens (tertiary/aromatic N) is 1. The molecule has 0 bridgehead atoms. The Bertz CT molecular complexity index is 1260. The van der Waals surface area contributed by atoms with Gasteiger partial charge in [0.05, 0.1) is 4.75 Å². The third-order valence-electron chi connectivity index (χ3n) is 5.83. The summed E-state index contributed by atoms with van der Waals surface area (Å²) in [6.07, 6.45) is 1.71. The van der Waals surface area contributed by atoms with Crippen LogP contribution in [-0.2, 0) is 20.2 Å². The van der Waals surface area contributed by atoms with Crippen LogP contribution in [0.4, 0.5) is 10.1 Å². The minimum Gasteiger partial charge on any atom is -0.361 e. The van der Waals surface area contributed by atoms with Crippen LogP contribution in [0.3, 0.4) is 0 Å². The highest BCUT2D eigenvalue weighted by molar-refractivity contribution is 7.90. The van der Waals surface area contributed by atoms with Crippen LogP contribution in [0.1, 0.15) is 31.9 Å². The molecule has 8 heteroatoms. The second-order valence-corrected chi connectivity index (χ2v) is 11.1. The van der Waals surface area contributed by atoms with Crippen molar-refractivity contribution in [3.05, 3.63) is 65.6 Å². The first-order valence-corrected chi connectivity index (χ1v) is 11.1. The summed E-state index contributed by atoms with van der Waals surface area (Å²) in [5.74, 6) is -0.802. The van der Waals surface area contributed by atoms with E-state index in [-0.39, 0.29) is 12.5 Å². The van der Waals surface area contributed by atoms with Gasteiger partial charge in [0.15, 0.2) is 0 Å². The molecule has 1 aliphatic heterocycles. The van der Waals surface area contributed by atoms with Gasteiger partial charge in [-0.15, -0.1) is 0 Å². The molecule has 2 heterocycles. The Kier molecular flexibility index (Phi) is 4.56. The molecule has 0 spiro atoms. The van der Waals surface area contributed by atoms with Gasteiger partial charge in [-0.3, -0.25) is 4.79 Å². The number of aromatic amines is 1. The summed E-state index contributed by atoms with van der Waals surface area (Å²) in [7, 11) is -2.13. The molecular weight excluding hydrogens is 405 g/mol. The van der Waals surface area contributed by atoms with E-state index >= 15 is 0 Å². The van der Waals surface area contributed by atoms with Gasteiger partial charge in [0.25, 0.3) is 0 Å². The maximum atomic E-state index is 14.3. The van der Waals surface area contributed by atoms with Crippen molar-refractivity contribution in [2.24, 2.45) is 0 Å². The van der Waals surface area contributed by atoms with Crippen LogP contribution >= 0.6 is 0 Å². The van der Waals surface area contributed by atoms with Gasteiger partial charge in [0, 0.05) is 41.9 Å². The number of anilines is 1. The molecule has 4 rings (SSSR count). The van der Waals surface area contributed by atoms with Gasteiger partial charge in [0.1, 0.15) is 11.2 Å². The maximum absolute atomic E-state index is 14.3. The topological polar surface area (TPSA) is 82.3 Å². The van der Waals surface area contributed by atoms with Gasteiger partial charge < -0.3 is 9.88 Å². The standard InChI is InChI=1S/C22H24FN3O3S/c1-21(2,3)30(28,29)25-13-22(17-12-24-18-8-6-5-7-15(17)18)16-11-14(23)9-10-19(16)26(4)20(22)27/h5-12,24-25H,13H2,1-4H3/t22-/m1/s1. The maximum Gasteiger partial charge on any atom is 0.243 e. The summed E-state index contributed by atoms with van der Waals surface area (Å²) in [5.41, 5.74) is 1.02. The molecule has 3 aromatic rings. The molecule has 1 aliphatic rings. The van der Waals surface area contributed by atoms with Gasteiger partial charge in [-0.05, 0) is 50.6 Å². The number of carbonyl (C=O) groups excluding carboxylic acids is 1. The highest BCUT2D eigenvalue weighted by Crippen LogP contribution is 2.47. The molecule has 0 radical (unpaired) electrons. The summed E-state index contributed by atoms with van der Waals surface area (Å²) >= 11 is 0. The fraction of sp³-hybridized carbons (Fsp3) is 0.318. The van der Waals surface area contributed by atoms with Crippen molar-refractivity contribution in [3.63, 3.8) is 0 Å². The lowest BCUT2D eigenvalue weighted by Gasteiger charge is -2.30. The van der Waals surface area contributed by atoms with Crippen LogP contribution in [0.15, 0.2) is 48.7 Å². The predicted molar refractivity (Wildman–Crippen MR) is 116 cm³/mol. The first-order valence-electron chi connectivity index (χ1n) is 9.63. The number of para-hydroxylation sites is 1. The molecular formula is C22H24FN3O3S. The number of benzene rings is 2. The van der Waals surface area contributed by atoms with E-state index in [1.807, 2.05) is 24.3 Å². The van der Waals surface area contributed by atoms with Gasteiger partial charge in [0.2, 0.25) is 15.9 Å². The quantitative estimate of drug-likeness (QED) is 0.668. The number of amides is 1. The third-order valence-corrected chi connectivity index (χ3v) is 7.97. The fourth-order valence-corrected chi connectivity index (χ4v) is 4.86. The Hall–Kier alpha value is -2.71. The van der Waals surface area contributed by atoms with Crippen molar-refractivity contribution < 1.29 is 17.6 Å². The van der Waals surface area contributed by atoms with E-state index < -0.39 is 26.0 Å². The summed E-state index contributed by atoms with van der Waals surface area (Å²) < 4.78 is 41.5. The molecule has 6 nitrogen and oxygen atoms in total. The Labute approximate surface area is 175 Å². The second-order valence-electron chi connectivity index (χ2n) is 8.62. The average Bonchev–Trinajstić information content (AvgIpc) is 3.19. The molecule has 0 saturated carbocycles. The van der Waals surface area contributed by atoms with E-state index in [0.717, 1.165) is 10.9 Å². The van der Waals surface area contributed by atoms with E-state index in [9.17, 15) is 17.6 Å². The van der Waals surface area contributed by atoms with Crippen molar-refractivity contribution in [1.82, 2.24) is 9.71 Å². The highest BCUT2D eigenvalue weighted by Gasteiger charge is 2.53.